The van der Waals surface area contributed by atoms with Crippen LogP contribution in [-0.2, 0) is 10.0 Å². The van der Waals surface area contributed by atoms with Crippen molar-refractivity contribution >= 4 is 16.0 Å². The highest BCUT2D eigenvalue weighted by molar-refractivity contribution is 7.88. The third kappa shape index (κ3) is 7.80. The van der Waals surface area contributed by atoms with Crippen LogP contribution in [0, 0.1) is 5.92 Å². The Morgan fingerprint density at radius 1 is 1.04 bits per heavy atom. The van der Waals surface area contributed by atoms with Crippen LogP contribution in [0.25, 0.3) is 0 Å². The first-order chi connectivity index (χ1) is 12.5. The zero-order valence-corrected chi connectivity index (χ0v) is 17.4. The Morgan fingerprint density at radius 2 is 1.69 bits per heavy atom. The lowest BCUT2D eigenvalue weighted by atomic mass is 9.98. The van der Waals surface area contributed by atoms with E-state index in [1.165, 1.54) is 45.0 Å². The van der Waals surface area contributed by atoms with Crippen molar-refractivity contribution in [1.82, 2.24) is 19.8 Å². The van der Waals surface area contributed by atoms with Gasteiger partial charge in [-0.05, 0) is 57.7 Å². The summed E-state index contributed by atoms with van der Waals surface area (Å²) in [5, 5.41) is 6.80. The molecule has 2 saturated heterocycles. The summed E-state index contributed by atoms with van der Waals surface area (Å²) in [6.07, 6.45) is 9.70. The van der Waals surface area contributed by atoms with Crippen molar-refractivity contribution in [3.8, 4) is 0 Å². The van der Waals surface area contributed by atoms with Gasteiger partial charge in [-0.2, -0.15) is 0 Å². The molecule has 0 saturated carbocycles. The smallest absolute Gasteiger partial charge is 0.211 e. The van der Waals surface area contributed by atoms with E-state index in [4.69, 9.17) is 0 Å². The minimum Gasteiger partial charge on any atom is -0.356 e. The van der Waals surface area contributed by atoms with Crippen LogP contribution in [0.1, 0.15) is 44.9 Å². The van der Waals surface area contributed by atoms with Gasteiger partial charge in [-0.1, -0.05) is 12.8 Å². The van der Waals surface area contributed by atoms with Gasteiger partial charge >= 0.3 is 0 Å². The van der Waals surface area contributed by atoms with Crippen molar-refractivity contribution in [3.63, 3.8) is 0 Å². The van der Waals surface area contributed by atoms with Crippen molar-refractivity contribution in [2.75, 3.05) is 59.1 Å². The van der Waals surface area contributed by atoms with Crippen LogP contribution in [0.5, 0.6) is 0 Å². The highest BCUT2D eigenvalue weighted by Gasteiger charge is 2.24. The van der Waals surface area contributed by atoms with Gasteiger partial charge in [0.25, 0.3) is 0 Å². The summed E-state index contributed by atoms with van der Waals surface area (Å²) in [7, 11) is -1.24. The van der Waals surface area contributed by atoms with Gasteiger partial charge in [-0.3, -0.25) is 4.99 Å². The number of nitrogens with zero attached hydrogens (tertiary/aromatic N) is 3. The van der Waals surface area contributed by atoms with Gasteiger partial charge in [0.1, 0.15) is 0 Å². The van der Waals surface area contributed by atoms with Gasteiger partial charge in [0.05, 0.1) is 6.26 Å². The summed E-state index contributed by atoms with van der Waals surface area (Å²) in [5.41, 5.74) is 0. The Bertz CT molecular complexity index is 522. The fourth-order valence-electron chi connectivity index (χ4n) is 3.78. The maximum Gasteiger partial charge on any atom is 0.211 e. The van der Waals surface area contributed by atoms with Crippen LogP contribution in [0.15, 0.2) is 4.99 Å². The van der Waals surface area contributed by atoms with E-state index in [0.717, 1.165) is 44.9 Å². The first kappa shape index (κ1) is 21.4. The third-order valence-corrected chi connectivity index (χ3v) is 6.77. The average molecular weight is 388 g/mol. The molecule has 0 amide bonds. The molecule has 0 spiro atoms. The van der Waals surface area contributed by atoms with E-state index in [9.17, 15) is 8.42 Å². The molecule has 8 heteroatoms. The predicted molar refractivity (Wildman–Crippen MR) is 108 cm³/mol. The molecule has 26 heavy (non-hydrogen) atoms. The van der Waals surface area contributed by atoms with Crippen LogP contribution in [0.4, 0.5) is 0 Å². The van der Waals surface area contributed by atoms with Crippen molar-refractivity contribution in [3.05, 3.63) is 0 Å². The second-order valence-electron chi connectivity index (χ2n) is 7.59. The maximum atomic E-state index is 11.6. The monoisotopic (exact) mass is 387 g/mol. The fourth-order valence-corrected chi connectivity index (χ4v) is 4.65. The molecule has 7 nitrogen and oxygen atoms in total. The van der Waals surface area contributed by atoms with Gasteiger partial charge < -0.3 is 15.5 Å². The number of rotatable bonds is 7. The lowest BCUT2D eigenvalue weighted by Gasteiger charge is -2.30. The Balaban J connectivity index is 1.58. The van der Waals surface area contributed by atoms with E-state index in [1.807, 2.05) is 0 Å². The quantitative estimate of drug-likeness (QED) is 0.388. The van der Waals surface area contributed by atoms with Crippen LogP contribution in [0.2, 0.25) is 0 Å². The molecule has 2 aliphatic heterocycles. The number of guanidine groups is 1. The summed E-state index contributed by atoms with van der Waals surface area (Å²) < 4.78 is 24.7. The van der Waals surface area contributed by atoms with E-state index in [-0.39, 0.29) is 0 Å². The molecule has 2 rings (SSSR count). The van der Waals surface area contributed by atoms with Crippen LogP contribution in [-0.4, -0.2) is 82.7 Å². The number of hydrogen-bond acceptors (Lipinski definition) is 4. The summed E-state index contributed by atoms with van der Waals surface area (Å²) in [4.78, 5) is 6.88. The van der Waals surface area contributed by atoms with Crippen molar-refractivity contribution in [2.24, 2.45) is 10.9 Å². The first-order valence-corrected chi connectivity index (χ1v) is 12.0. The standard InChI is InChI=1S/C18H37N5O2S/c1-19-18(20-10-7-13-22-11-5-3-4-6-12-22)21-16-17-8-14-23(15-9-17)26(2,24)25/h17H,3-16H2,1-2H3,(H2,19,20,21). The summed E-state index contributed by atoms with van der Waals surface area (Å²) >= 11 is 0. The first-order valence-electron chi connectivity index (χ1n) is 10.1. The normalized spacial score (nSPS) is 22.2. The number of nitrogens with one attached hydrogen (secondary N) is 2. The highest BCUT2D eigenvalue weighted by Crippen LogP contribution is 2.18. The van der Waals surface area contributed by atoms with Crippen molar-refractivity contribution < 1.29 is 8.42 Å². The molecule has 2 heterocycles. The maximum absolute atomic E-state index is 11.6. The van der Waals surface area contributed by atoms with Crippen LogP contribution < -0.4 is 10.6 Å². The summed E-state index contributed by atoms with van der Waals surface area (Å²) in [6, 6.07) is 0. The fraction of sp³-hybridized carbons (Fsp3) is 0.944. The van der Waals surface area contributed by atoms with Gasteiger partial charge in [-0.25, -0.2) is 12.7 Å². The van der Waals surface area contributed by atoms with Gasteiger partial charge in [0.15, 0.2) is 5.96 Å². The minimum absolute atomic E-state index is 0.503. The molecule has 0 bridgehead atoms. The van der Waals surface area contributed by atoms with Crippen LogP contribution >= 0.6 is 0 Å². The van der Waals surface area contributed by atoms with Crippen LogP contribution in [0.3, 0.4) is 0 Å². The SMILES string of the molecule is CN=C(NCCCN1CCCCCC1)NCC1CCN(S(C)(=O)=O)CC1. The Labute approximate surface area is 159 Å². The number of hydrogen-bond donors (Lipinski definition) is 2. The zero-order valence-electron chi connectivity index (χ0n) is 16.5. The van der Waals surface area contributed by atoms with E-state index >= 15 is 0 Å². The molecule has 0 aromatic rings. The molecule has 0 atom stereocenters. The molecule has 152 valence electrons. The second kappa shape index (κ2) is 11.1. The number of aliphatic imine (C=N–C) groups is 1. The van der Waals surface area contributed by atoms with Crippen molar-refractivity contribution in [2.45, 2.75) is 44.9 Å². The van der Waals surface area contributed by atoms with Gasteiger partial charge in [0, 0.05) is 33.2 Å². The minimum atomic E-state index is -3.04. The molecule has 2 N–H and O–H groups in total. The topological polar surface area (TPSA) is 77.0 Å². The molecular formula is C18H37N5O2S. The predicted octanol–water partition coefficient (Wildman–Crippen LogP) is 1.09. The van der Waals surface area contributed by atoms with Gasteiger partial charge in [0.2, 0.25) is 10.0 Å². The summed E-state index contributed by atoms with van der Waals surface area (Å²) in [6.45, 7) is 6.71. The Kier molecular flexibility index (Phi) is 9.15. The van der Waals surface area contributed by atoms with Gasteiger partial charge in [-0.15, -0.1) is 0 Å². The highest BCUT2D eigenvalue weighted by atomic mass is 32.2. The van der Waals surface area contributed by atoms with E-state index < -0.39 is 10.0 Å². The summed E-state index contributed by atoms with van der Waals surface area (Å²) in [5.74, 6) is 1.36. The van der Waals surface area contributed by atoms with E-state index in [2.05, 4.69) is 20.5 Å². The molecule has 0 unspecified atom stereocenters. The molecule has 2 fully saturated rings. The molecule has 0 aromatic carbocycles. The molecular weight excluding hydrogens is 350 g/mol. The number of piperidine rings is 1. The largest absolute Gasteiger partial charge is 0.356 e. The molecule has 0 aliphatic carbocycles. The number of likely N-dealkylation sites (tertiary alicyclic amines) is 1. The number of sulfonamides is 1. The molecule has 0 aromatic heterocycles. The average Bonchev–Trinajstić information content (AvgIpc) is 2.89. The van der Waals surface area contributed by atoms with Crippen molar-refractivity contribution in [1.29, 1.82) is 0 Å². The van der Waals surface area contributed by atoms with E-state index in [0.29, 0.717) is 19.0 Å². The Morgan fingerprint density at radius 3 is 2.27 bits per heavy atom. The second-order valence-corrected chi connectivity index (χ2v) is 9.58. The molecule has 0 radical (unpaired) electrons. The lowest BCUT2D eigenvalue weighted by molar-refractivity contribution is 0.274. The lowest BCUT2D eigenvalue weighted by Crippen LogP contribution is -2.44. The third-order valence-electron chi connectivity index (χ3n) is 5.47. The molecule has 2 aliphatic rings. The Hall–Kier alpha value is -0.860. The zero-order chi connectivity index (χ0) is 18.8. The van der Waals surface area contributed by atoms with E-state index in [1.54, 1.807) is 11.4 Å².